The Morgan fingerprint density at radius 2 is 1.68 bits per heavy atom. The van der Waals surface area contributed by atoms with Crippen LogP contribution < -0.4 is 5.32 Å². The summed E-state index contributed by atoms with van der Waals surface area (Å²) in [6.45, 7) is 15.2. The van der Waals surface area contributed by atoms with Crippen LogP contribution >= 0.6 is 11.6 Å². The topological polar surface area (TPSA) is 73.2 Å². The van der Waals surface area contributed by atoms with E-state index in [0.29, 0.717) is 70.0 Å². The molecule has 0 spiro atoms. The molecule has 4 aromatic rings. The van der Waals surface area contributed by atoms with E-state index in [2.05, 4.69) is 62.6 Å². The molecule has 2 heterocycles. The van der Waals surface area contributed by atoms with Crippen LogP contribution in [-0.4, -0.2) is 36.2 Å². The van der Waals surface area contributed by atoms with Crippen molar-refractivity contribution in [2.24, 2.45) is 5.92 Å². The quantitative estimate of drug-likeness (QED) is 0.107. The predicted octanol–water partition coefficient (Wildman–Crippen LogP) is 10.4. The van der Waals surface area contributed by atoms with Gasteiger partial charge in [-0.15, -0.1) is 0 Å². The van der Waals surface area contributed by atoms with Gasteiger partial charge in [0.1, 0.15) is 5.82 Å². The molecule has 8 heteroatoms. The smallest absolute Gasteiger partial charge is 0.225 e. The van der Waals surface area contributed by atoms with Gasteiger partial charge in [-0.05, 0) is 77.6 Å². The summed E-state index contributed by atoms with van der Waals surface area (Å²) in [5.74, 6) is 1.19. The van der Waals surface area contributed by atoms with Gasteiger partial charge in [0, 0.05) is 47.4 Å². The molecule has 5 rings (SSSR count). The van der Waals surface area contributed by atoms with Gasteiger partial charge < -0.3 is 14.3 Å². The van der Waals surface area contributed by atoms with Crippen LogP contribution in [0.15, 0.2) is 73.1 Å². The van der Waals surface area contributed by atoms with E-state index in [4.69, 9.17) is 16.0 Å². The number of benzene rings is 2. The highest BCUT2D eigenvalue weighted by molar-refractivity contribution is 6.77. The Labute approximate surface area is 286 Å². The van der Waals surface area contributed by atoms with Crippen molar-refractivity contribution >= 4 is 48.3 Å². The second-order valence-electron chi connectivity index (χ2n) is 14.1. The van der Waals surface area contributed by atoms with Crippen LogP contribution in [0.5, 0.6) is 0 Å². The van der Waals surface area contributed by atoms with Crippen molar-refractivity contribution in [1.82, 2.24) is 9.55 Å². The lowest BCUT2D eigenvalue weighted by Crippen LogP contribution is -2.48. The van der Waals surface area contributed by atoms with Crippen molar-refractivity contribution in [3.63, 3.8) is 0 Å². The summed E-state index contributed by atoms with van der Waals surface area (Å²) >= 11 is 6.91. The van der Waals surface area contributed by atoms with Crippen molar-refractivity contribution in [2.75, 3.05) is 11.9 Å². The van der Waals surface area contributed by atoms with Crippen LogP contribution in [0.1, 0.15) is 101 Å². The highest BCUT2D eigenvalue weighted by Gasteiger charge is 2.45. The number of nitrogens with zero attached hydrogens (tertiary/aromatic N) is 2. The number of pyridine rings is 1. The molecular formula is C39H50ClN3O3Si. The molecule has 2 aromatic carbocycles. The molecule has 1 saturated carbocycles. The number of hydrogen-bond acceptors (Lipinski definition) is 4. The molecule has 6 nitrogen and oxygen atoms in total. The second-order valence-corrected chi connectivity index (χ2v) is 20.0. The van der Waals surface area contributed by atoms with E-state index in [-0.39, 0.29) is 11.7 Å². The van der Waals surface area contributed by atoms with Crippen LogP contribution in [0, 0.1) is 5.92 Å². The van der Waals surface area contributed by atoms with E-state index in [1.165, 1.54) is 5.56 Å². The lowest BCUT2D eigenvalue weighted by molar-refractivity contribution is -0.116. The summed E-state index contributed by atoms with van der Waals surface area (Å²) in [7, 11) is -2.04. The third-order valence-electron chi connectivity index (χ3n) is 10.4. The molecule has 0 aliphatic heterocycles. The average Bonchev–Trinajstić information content (AvgIpc) is 3.65. The number of amides is 1. The maximum Gasteiger partial charge on any atom is 0.225 e. The number of ketones is 1. The molecule has 1 N–H and O–H groups in total. The Kier molecular flexibility index (Phi) is 11.4. The van der Waals surface area contributed by atoms with Crippen molar-refractivity contribution in [2.45, 2.75) is 103 Å². The normalized spacial score (nSPS) is 16.9. The summed E-state index contributed by atoms with van der Waals surface area (Å²) in [4.78, 5) is 30.7. The van der Waals surface area contributed by atoms with Crippen LogP contribution in [0.25, 0.3) is 10.9 Å². The number of anilines is 1. The minimum Gasteiger partial charge on any atom is -0.414 e. The average molecular weight is 672 g/mol. The molecule has 1 aliphatic carbocycles. The first-order valence-electron chi connectivity index (χ1n) is 17.3. The van der Waals surface area contributed by atoms with Gasteiger partial charge in [-0.3, -0.25) is 9.59 Å². The second kappa shape index (κ2) is 15.3. The molecule has 2 atom stereocenters. The fourth-order valence-corrected chi connectivity index (χ4v) is 14.0. The van der Waals surface area contributed by atoms with Crippen molar-refractivity contribution in [3.05, 3.63) is 94.8 Å². The number of carbonyl (C=O) groups is 2. The lowest BCUT2D eigenvalue weighted by atomic mass is 9.85. The molecular weight excluding hydrogens is 622 g/mol. The highest BCUT2D eigenvalue weighted by Crippen LogP contribution is 2.46. The Bertz CT molecular complexity index is 1650. The molecule has 47 heavy (non-hydrogen) atoms. The molecule has 2 aromatic heterocycles. The minimum atomic E-state index is -2.04. The zero-order chi connectivity index (χ0) is 33.7. The van der Waals surface area contributed by atoms with Gasteiger partial charge in [0.2, 0.25) is 5.91 Å². The van der Waals surface area contributed by atoms with E-state index in [0.717, 1.165) is 36.6 Å². The summed E-state index contributed by atoms with van der Waals surface area (Å²) in [5.41, 5.74) is 4.91. The molecule has 1 aliphatic rings. The van der Waals surface area contributed by atoms with E-state index >= 15 is 0 Å². The molecule has 1 amide bonds. The Balaban J connectivity index is 1.45. The van der Waals surface area contributed by atoms with Crippen LogP contribution in [0.2, 0.25) is 21.6 Å². The Hall–Kier alpha value is -3.26. The van der Waals surface area contributed by atoms with E-state index < -0.39 is 8.32 Å². The van der Waals surface area contributed by atoms with Crippen molar-refractivity contribution < 1.29 is 14.0 Å². The van der Waals surface area contributed by atoms with Crippen LogP contribution in [0.3, 0.4) is 0 Å². The van der Waals surface area contributed by atoms with Gasteiger partial charge in [-0.1, -0.05) is 96.0 Å². The van der Waals surface area contributed by atoms with Gasteiger partial charge in [-0.2, -0.15) is 0 Å². The Morgan fingerprint density at radius 3 is 2.34 bits per heavy atom. The molecule has 0 radical (unpaired) electrons. The third kappa shape index (κ3) is 7.58. The van der Waals surface area contributed by atoms with Crippen LogP contribution in [0.4, 0.5) is 5.82 Å². The highest BCUT2D eigenvalue weighted by atomic mass is 35.5. The van der Waals surface area contributed by atoms with Gasteiger partial charge in [0.15, 0.2) is 14.1 Å². The largest absolute Gasteiger partial charge is 0.414 e. The molecule has 2 unspecified atom stereocenters. The maximum absolute atomic E-state index is 13.6. The maximum atomic E-state index is 13.6. The predicted molar refractivity (Wildman–Crippen MR) is 196 cm³/mol. The summed E-state index contributed by atoms with van der Waals surface area (Å²) in [5, 5.41) is 4.50. The molecule has 0 bridgehead atoms. The molecule has 1 fully saturated rings. The van der Waals surface area contributed by atoms with Gasteiger partial charge in [-0.25, -0.2) is 4.98 Å². The van der Waals surface area contributed by atoms with Crippen molar-refractivity contribution in [3.8, 4) is 0 Å². The van der Waals surface area contributed by atoms with Crippen LogP contribution in [-0.2, 0) is 15.8 Å². The first-order chi connectivity index (χ1) is 22.5. The van der Waals surface area contributed by atoms with Crippen molar-refractivity contribution in [1.29, 1.82) is 0 Å². The lowest BCUT2D eigenvalue weighted by Gasteiger charge is -2.42. The zero-order valence-corrected chi connectivity index (χ0v) is 30.5. The number of fused-ring (bicyclic) bond motifs is 1. The van der Waals surface area contributed by atoms with Gasteiger partial charge >= 0.3 is 0 Å². The zero-order valence-electron chi connectivity index (χ0n) is 28.8. The first-order valence-corrected chi connectivity index (χ1v) is 19.8. The summed E-state index contributed by atoms with van der Waals surface area (Å²) in [6.07, 6.45) is 8.49. The summed E-state index contributed by atoms with van der Waals surface area (Å²) in [6, 6.07) is 18.8. The number of hydrogen-bond donors (Lipinski definition) is 1. The minimum absolute atomic E-state index is 0.00542. The van der Waals surface area contributed by atoms with E-state index in [1.54, 1.807) is 6.20 Å². The third-order valence-corrected chi connectivity index (χ3v) is 16.8. The van der Waals surface area contributed by atoms with Gasteiger partial charge in [0.25, 0.3) is 0 Å². The fourth-order valence-electron chi connectivity index (χ4n) is 8.31. The van der Waals surface area contributed by atoms with E-state index in [9.17, 15) is 9.59 Å². The number of rotatable bonds is 14. The van der Waals surface area contributed by atoms with E-state index in [1.807, 2.05) is 60.7 Å². The SMILES string of the molecule is CC(C)[Si](OCCn1cc(C2CCCC2CCC(=O)Nc2ccccn2)c2cc(Cl)c(C(=O)c3ccccc3)cc21)(C(C)C)C(C)C. The molecule has 250 valence electrons. The number of carbonyl (C=O) groups excluding carboxylic acids is 2. The van der Waals surface area contributed by atoms with Gasteiger partial charge in [0.05, 0.1) is 11.6 Å². The fraction of sp³-hybridized carbons (Fsp3) is 0.462. The standard InChI is InChI=1S/C39H50ClN3O3Si/c1-26(2)47(27(3)4,28(5)6)46-22-21-43-25-34(31-16-12-15-29(31)18-19-38(44)42-37-17-10-11-20-41-37)32-23-35(40)33(24-36(32)43)39(45)30-13-8-7-9-14-30/h7-11,13-14,17,20,23-29,31H,12,15-16,18-19,21-22H2,1-6H3,(H,41,42,44). The monoisotopic (exact) mass is 671 g/mol. The number of aromatic nitrogens is 2. The number of halogens is 1. The first kappa shape index (κ1) is 35.1. The number of nitrogens with one attached hydrogen (secondary N) is 1. The summed E-state index contributed by atoms with van der Waals surface area (Å²) < 4.78 is 9.27. The Morgan fingerprint density at radius 1 is 0.979 bits per heavy atom. The molecule has 0 saturated heterocycles.